The number of hydroxylamine groups is 1. The maximum Gasteiger partial charge on any atom is 0.277 e. The van der Waals surface area contributed by atoms with Gasteiger partial charge in [0.05, 0.1) is 36.4 Å². The summed E-state index contributed by atoms with van der Waals surface area (Å²) >= 11 is 1.89. The van der Waals surface area contributed by atoms with E-state index in [1.165, 1.54) is 25.1 Å². The highest BCUT2D eigenvalue weighted by atomic mass is 127. The molecular weight excluding hydrogens is 560 g/mol. The number of amides is 1. The quantitative estimate of drug-likeness (QED) is 0.0857. The molecule has 2 aromatic carbocycles. The number of nitrogens with one attached hydrogen (secondary N) is 3. The van der Waals surface area contributed by atoms with E-state index in [2.05, 4.69) is 26.1 Å². The van der Waals surface area contributed by atoms with E-state index in [-0.39, 0.29) is 32.1 Å². The van der Waals surface area contributed by atoms with Crippen molar-refractivity contribution in [3.8, 4) is 0 Å². The molecule has 0 bridgehead atoms. The van der Waals surface area contributed by atoms with Gasteiger partial charge in [-0.25, -0.2) is 18.7 Å². The zero-order chi connectivity index (χ0) is 24.4. The predicted molar refractivity (Wildman–Crippen MR) is 122 cm³/mol. The molecule has 0 saturated carbocycles. The van der Waals surface area contributed by atoms with Gasteiger partial charge in [-0.3, -0.25) is 14.9 Å². The van der Waals surface area contributed by atoms with Gasteiger partial charge in [0.2, 0.25) is 0 Å². The standard InChI is InChI=1S/C20H22F3IN4O5/c1-11(25-4-5-29)33-28-20(31)14-8-12(10-26-32-7-6-30)17(22)18(23)19(14)27-16-3-2-13(24)9-15(16)21/h2-3,8-11,25,27,29-30H,4-7H2,1H3,(H,28,31). The minimum Gasteiger partial charge on any atom is -0.395 e. The fourth-order valence-corrected chi connectivity index (χ4v) is 2.91. The Morgan fingerprint density at radius 3 is 2.64 bits per heavy atom. The van der Waals surface area contributed by atoms with Crippen LogP contribution in [-0.4, -0.2) is 54.9 Å². The molecule has 0 saturated heterocycles. The van der Waals surface area contributed by atoms with Crippen LogP contribution >= 0.6 is 22.6 Å². The largest absolute Gasteiger partial charge is 0.395 e. The highest BCUT2D eigenvalue weighted by Gasteiger charge is 2.24. The number of aliphatic hydroxyl groups is 2. The molecule has 0 aromatic heterocycles. The molecule has 2 rings (SSSR count). The average molecular weight is 582 g/mol. The van der Waals surface area contributed by atoms with Crippen LogP contribution in [0.5, 0.6) is 0 Å². The van der Waals surface area contributed by atoms with Gasteiger partial charge in [-0.15, -0.1) is 0 Å². The van der Waals surface area contributed by atoms with Crippen molar-refractivity contribution < 1.29 is 37.9 Å². The number of hydrogen-bond donors (Lipinski definition) is 5. The minimum atomic E-state index is -1.46. The summed E-state index contributed by atoms with van der Waals surface area (Å²) in [7, 11) is 0. The van der Waals surface area contributed by atoms with Crippen molar-refractivity contribution in [1.82, 2.24) is 10.8 Å². The molecule has 0 fully saturated rings. The topological polar surface area (TPSA) is 124 Å². The number of carbonyl (C=O) groups is 1. The van der Waals surface area contributed by atoms with Crippen molar-refractivity contribution in [2.24, 2.45) is 5.16 Å². The number of halogens is 4. The number of anilines is 2. The Bertz CT molecular complexity index is 997. The maximum absolute atomic E-state index is 15.0. The molecule has 0 aliphatic rings. The van der Waals surface area contributed by atoms with E-state index in [0.29, 0.717) is 3.57 Å². The molecule has 2 aromatic rings. The summed E-state index contributed by atoms with van der Waals surface area (Å²) < 4.78 is 44.5. The molecule has 0 heterocycles. The third-order valence-electron chi connectivity index (χ3n) is 3.99. The van der Waals surface area contributed by atoms with E-state index in [1.54, 1.807) is 0 Å². The van der Waals surface area contributed by atoms with Gasteiger partial charge in [0.15, 0.2) is 11.6 Å². The number of oxime groups is 1. The molecular formula is C20H22F3IN4O5. The second-order valence-electron chi connectivity index (χ2n) is 6.43. The van der Waals surface area contributed by atoms with Gasteiger partial charge in [-0.05, 0) is 53.8 Å². The van der Waals surface area contributed by atoms with Gasteiger partial charge in [0.25, 0.3) is 5.91 Å². The Hall–Kier alpha value is -2.46. The third kappa shape index (κ3) is 7.82. The predicted octanol–water partition coefficient (Wildman–Crippen LogP) is 2.38. The normalized spacial score (nSPS) is 12.1. The molecule has 0 radical (unpaired) electrons. The fraction of sp³-hybridized carbons (Fsp3) is 0.300. The van der Waals surface area contributed by atoms with Gasteiger partial charge >= 0.3 is 0 Å². The van der Waals surface area contributed by atoms with Crippen LogP contribution in [0.4, 0.5) is 24.5 Å². The van der Waals surface area contributed by atoms with Crippen LogP contribution in [0.2, 0.25) is 0 Å². The highest BCUT2D eigenvalue weighted by molar-refractivity contribution is 14.1. The lowest BCUT2D eigenvalue weighted by Crippen LogP contribution is -2.38. The summed E-state index contributed by atoms with van der Waals surface area (Å²) in [5.74, 6) is -4.54. The van der Waals surface area contributed by atoms with Crippen LogP contribution in [0.1, 0.15) is 22.8 Å². The monoisotopic (exact) mass is 582 g/mol. The Balaban J connectivity index is 2.41. The van der Waals surface area contributed by atoms with Crippen molar-refractivity contribution in [2.75, 3.05) is 31.7 Å². The lowest BCUT2D eigenvalue weighted by Gasteiger charge is -2.17. The van der Waals surface area contributed by atoms with Crippen LogP contribution in [-0.2, 0) is 9.68 Å². The molecule has 33 heavy (non-hydrogen) atoms. The van der Waals surface area contributed by atoms with E-state index in [9.17, 15) is 18.0 Å². The lowest BCUT2D eigenvalue weighted by molar-refractivity contribution is -0.0237. The van der Waals surface area contributed by atoms with E-state index in [1.807, 2.05) is 22.6 Å². The first-order valence-electron chi connectivity index (χ1n) is 9.59. The molecule has 0 aliphatic heterocycles. The van der Waals surface area contributed by atoms with Crippen LogP contribution in [0, 0.1) is 21.0 Å². The number of rotatable bonds is 12. The second-order valence-corrected chi connectivity index (χ2v) is 7.67. The average Bonchev–Trinajstić information content (AvgIpc) is 2.79. The number of hydrogen-bond acceptors (Lipinski definition) is 8. The SMILES string of the molecule is CC(NCCO)ONC(=O)c1cc(C=NOCCO)c(F)c(F)c1Nc1ccc(I)cc1F. The van der Waals surface area contributed by atoms with Gasteiger partial charge in [-0.1, -0.05) is 5.16 Å². The van der Waals surface area contributed by atoms with Crippen molar-refractivity contribution in [3.05, 3.63) is 56.4 Å². The van der Waals surface area contributed by atoms with Crippen LogP contribution in [0.25, 0.3) is 0 Å². The van der Waals surface area contributed by atoms with Gasteiger partial charge in [0.1, 0.15) is 18.7 Å². The third-order valence-corrected chi connectivity index (χ3v) is 4.66. The van der Waals surface area contributed by atoms with Crippen LogP contribution < -0.4 is 16.1 Å². The highest BCUT2D eigenvalue weighted by Crippen LogP contribution is 2.30. The van der Waals surface area contributed by atoms with E-state index < -0.39 is 46.4 Å². The summed E-state index contributed by atoms with van der Waals surface area (Å²) in [6, 6.07) is 5.00. The molecule has 1 amide bonds. The number of aliphatic hydroxyl groups excluding tert-OH is 2. The second kappa shape index (κ2) is 13.3. The van der Waals surface area contributed by atoms with E-state index in [0.717, 1.165) is 12.3 Å². The van der Waals surface area contributed by atoms with Crippen LogP contribution in [0.15, 0.2) is 29.4 Å². The van der Waals surface area contributed by atoms with Crippen molar-refractivity contribution >= 4 is 46.1 Å². The zero-order valence-corrected chi connectivity index (χ0v) is 19.5. The fourth-order valence-electron chi connectivity index (χ4n) is 2.46. The summed E-state index contributed by atoms with van der Waals surface area (Å²) in [4.78, 5) is 22.5. The van der Waals surface area contributed by atoms with E-state index in [4.69, 9.17) is 15.1 Å². The van der Waals surface area contributed by atoms with Crippen molar-refractivity contribution in [3.63, 3.8) is 0 Å². The summed E-state index contributed by atoms with van der Waals surface area (Å²) in [6.07, 6.45) is 0.108. The van der Waals surface area contributed by atoms with Gasteiger partial charge < -0.3 is 20.4 Å². The number of benzene rings is 2. The molecule has 0 spiro atoms. The number of nitrogens with zero attached hydrogens (tertiary/aromatic N) is 1. The minimum absolute atomic E-state index is 0.165. The van der Waals surface area contributed by atoms with Gasteiger partial charge in [-0.2, -0.15) is 0 Å². The maximum atomic E-state index is 15.0. The number of carbonyl (C=O) groups excluding carboxylic acids is 1. The summed E-state index contributed by atoms with van der Waals surface area (Å²) in [5, 5.41) is 26.1. The molecule has 180 valence electrons. The Morgan fingerprint density at radius 2 is 1.97 bits per heavy atom. The molecule has 0 aliphatic carbocycles. The Kier molecular flexibility index (Phi) is 10.8. The molecule has 1 atom stereocenters. The summed E-state index contributed by atoms with van der Waals surface area (Å²) in [5.41, 5.74) is 0.433. The molecule has 13 heteroatoms. The Labute approximate surface area is 201 Å². The Morgan fingerprint density at radius 1 is 1.21 bits per heavy atom. The molecule has 5 N–H and O–H groups in total. The molecule has 1 unspecified atom stereocenters. The first-order valence-corrected chi connectivity index (χ1v) is 10.7. The first-order chi connectivity index (χ1) is 15.8. The van der Waals surface area contributed by atoms with E-state index >= 15 is 0 Å². The smallest absolute Gasteiger partial charge is 0.277 e. The first kappa shape index (κ1) is 26.8. The summed E-state index contributed by atoms with van der Waals surface area (Å²) in [6.45, 7) is 1.05. The van der Waals surface area contributed by atoms with Crippen molar-refractivity contribution in [2.45, 2.75) is 13.2 Å². The zero-order valence-electron chi connectivity index (χ0n) is 17.4. The van der Waals surface area contributed by atoms with Crippen LogP contribution in [0.3, 0.4) is 0 Å². The van der Waals surface area contributed by atoms with Gasteiger partial charge in [0, 0.05) is 15.7 Å². The molecule has 9 nitrogen and oxygen atoms in total. The lowest BCUT2D eigenvalue weighted by atomic mass is 10.1. The van der Waals surface area contributed by atoms with Crippen molar-refractivity contribution in [1.29, 1.82) is 0 Å².